The summed E-state index contributed by atoms with van der Waals surface area (Å²) in [5, 5.41) is 3.88. The van der Waals surface area contributed by atoms with E-state index in [0.29, 0.717) is 11.5 Å². The lowest BCUT2D eigenvalue weighted by Crippen LogP contribution is -2.38. The first-order chi connectivity index (χ1) is 12.0. The second kappa shape index (κ2) is 6.94. The van der Waals surface area contributed by atoms with Crippen molar-refractivity contribution in [2.75, 3.05) is 7.11 Å². The predicted octanol–water partition coefficient (Wildman–Crippen LogP) is 1.69. The fourth-order valence-corrected chi connectivity index (χ4v) is 3.39. The van der Waals surface area contributed by atoms with Crippen LogP contribution in [-0.4, -0.2) is 33.3 Å². The summed E-state index contributed by atoms with van der Waals surface area (Å²) in [6.45, 7) is 0. The summed E-state index contributed by atoms with van der Waals surface area (Å²) >= 11 is 0. The molecule has 3 rings (SSSR count). The maximum atomic E-state index is 12.3. The number of carbonyl (C=O) groups excluding carboxylic acids is 1. The van der Waals surface area contributed by atoms with Gasteiger partial charge in [0.1, 0.15) is 5.75 Å². The molecule has 0 spiro atoms. The molecule has 8 heteroatoms. The van der Waals surface area contributed by atoms with Crippen LogP contribution in [0.25, 0.3) is 0 Å². The van der Waals surface area contributed by atoms with E-state index in [1.165, 1.54) is 25.3 Å². The zero-order valence-corrected chi connectivity index (χ0v) is 14.2. The van der Waals surface area contributed by atoms with Gasteiger partial charge in [0.15, 0.2) is 0 Å². The average Bonchev–Trinajstić information content (AvgIpc) is 3.12. The van der Waals surface area contributed by atoms with E-state index in [9.17, 15) is 13.2 Å². The van der Waals surface area contributed by atoms with Gasteiger partial charge in [0.25, 0.3) is 15.9 Å². The Morgan fingerprint density at radius 3 is 2.68 bits per heavy atom. The van der Waals surface area contributed by atoms with Crippen LogP contribution < -0.4 is 9.46 Å². The highest BCUT2D eigenvalue weighted by Crippen LogP contribution is 2.19. The highest BCUT2D eigenvalue weighted by Gasteiger charge is 2.32. The van der Waals surface area contributed by atoms with Crippen LogP contribution in [0.1, 0.15) is 12.0 Å². The molecular formula is C17H16N2O5S. The van der Waals surface area contributed by atoms with Crippen molar-refractivity contribution in [1.82, 2.24) is 4.72 Å². The molecule has 1 aliphatic heterocycles. The van der Waals surface area contributed by atoms with Gasteiger partial charge in [-0.05, 0) is 17.7 Å². The number of nitrogens with zero attached hydrogens (tertiary/aromatic N) is 1. The Morgan fingerprint density at radius 2 is 1.96 bits per heavy atom. The summed E-state index contributed by atoms with van der Waals surface area (Å²) in [6, 6.07) is 15.1. The van der Waals surface area contributed by atoms with Gasteiger partial charge in [-0.25, -0.2) is 13.1 Å². The van der Waals surface area contributed by atoms with Crippen molar-refractivity contribution in [3.63, 3.8) is 0 Å². The molecule has 0 saturated heterocycles. The highest BCUT2D eigenvalue weighted by atomic mass is 32.2. The van der Waals surface area contributed by atoms with E-state index >= 15 is 0 Å². The molecule has 7 nitrogen and oxygen atoms in total. The SMILES string of the molecule is COc1cccc(S(=O)(=O)NC(=O)C2CC(c3ccccc3)=NO2)c1. The maximum Gasteiger partial charge on any atom is 0.278 e. The first-order valence-electron chi connectivity index (χ1n) is 7.48. The van der Waals surface area contributed by atoms with Crippen molar-refractivity contribution < 1.29 is 22.8 Å². The Hall–Kier alpha value is -2.87. The standard InChI is InChI=1S/C17H16N2O5S/c1-23-13-8-5-9-14(10-13)25(21,22)19-17(20)16-11-15(18-24-16)12-6-3-2-4-7-12/h2-10,16H,11H2,1H3,(H,19,20). The number of sulfonamides is 1. The number of hydrogen-bond acceptors (Lipinski definition) is 6. The molecule has 0 bridgehead atoms. The molecule has 1 atom stereocenters. The smallest absolute Gasteiger partial charge is 0.278 e. The van der Waals surface area contributed by atoms with Gasteiger partial charge < -0.3 is 9.57 Å². The number of nitrogens with one attached hydrogen (secondary N) is 1. The van der Waals surface area contributed by atoms with E-state index in [1.807, 2.05) is 35.1 Å². The number of ether oxygens (including phenoxy) is 1. The molecular weight excluding hydrogens is 344 g/mol. The number of amides is 1. The van der Waals surface area contributed by atoms with Gasteiger partial charge in [-0.1, -0.05) is 41.6 Å². The summed E-state index contributed by atoms with van der Waals surface area (Å²) in [6.07, 6.45) is -0.792. The topological polar surface area (TPSA) is 94.1 Å². The number of carbonyl (C=O) groups is 1. The minimum absolute atomic E-state index is 0.0672. The van der Waals surface area contributed by atoms with Crippen molar-refractivity contribution in [2.24, 2.45) is 5.16 Å². The second-order valence-electron chi connectivity index (χ2n) is 5.35. The molecule has 2 aromatic carbocycles. The molecule has 1 amide bonds. The Morgan fingerprint density at radius 1 is 1.20 bits per heavy atom. The molecule has 130 valence electrons. The molecule has 1 unspecified atom stereocenters. The van der Waals surface area contributed by atoms with Gasteiger partial charge in [0.05, 0.1) is 17.7 Å². The van der Waals surface area contributed by atoms with E-state index in [4.69, 9.17) is 9.57 Å². The van der Waals surface area contributed by atoms with Crippen LogP contribution in [0.5, 0.6) is 5.75 Å². The molecule has 0 aromatic heterocycles. The Balaban J connectivity index is 1.68. The van der Waals surface area contributed by atoms with E-state index in [1.54, 1.807) is 6.07 Å². The molecule has 1 aliphatic rings. The minimum atomic E-state index is -4.02. The van der Waals surface area contributed by atoms with Crippen LogP contribution in [0.15, 0.2) is 64.6 Å². The molecule has 0 fully saturated rings. The van der Waals surface area contributed by atoms with Gasteiger partial charge in [0, 0.05) is 12.5 Å². The number of methoxy groups -OCH3 is 1. The Bertz CT molecular complexity index is 910. The maximum absolute atomic E-state index is 12.3. The van der Waals surface area contributed by atoms with Crippen LogP contribution in [0, 0.1) is 0 Å². The largest absolute Gasteiger partial charge is 0.497 e. The first-order valence-corrected chi connectivity index (χ1v) is 8.97. The van der Waals surface area contributed by atoms with E-state index < -0.39 is 22.0 Å². The summed E-state index contributed by atoms with van der Waals surface area (Å²) < 4.78 is 31.7. The number of benzene rings is 2. The minimum Gasteiger partial charge on any atom is -0.497 e. The lowest BCUT2D eigenvalue weighted by Gasteiger charge is -2.11. The van der Waals surface area contributed by atoms with Crippen molar-refractivity contribution in [1.29, 1.82) is 0 Å². The lowest BCUT2D eigenvalue weighted by molar-refractivity contribution is -0.129. The highest BCUT2D eigenvalue weighted by molar-refractivity contribution is 7.90. The number of hydrogen-bond donors (Lipinski definition) is 1. The van der Waals surface area contributed by atoms with Crippen molar-refractivity contribution in [2.45, 2.75) is 17.4 Å². The number of oxime groups is 1. The van der Waals surface area contributed by atoms with Crippen molar-refractivity contribution in [3.8, 4) is 5.75 Å². The molecule has 1 heterocycles. The van der Waals surface area contributed by atoms with Crippen LogP contribution in [-0.2, 0) is 19.7 Å². The normalized spacial score (nSPS) is 16.7. The first kappa shape index (κ1) is 17.0. The van der Waals surface area contributed by atoms with E-state index in [2.05, 4.69) is 5.16 Å². The monoisotopic (exact) mass is 360 g/mol. The summed E-state index contributed by atoms with van der Waals surface area (Å²) in [4.78, 5) is 17.3. The summed E-state index contributed by atoms with van der Waals surface area (Å²) in [5.74, 6) is -0.389. The van der Waals surface area contributed by atoms with Crippen LogP contribution in [0.3, 0.4) is 0 Å². The average molecular weight is 360 g/mol. The third kappa shape index (κ3) is 3.80. The number of rotatable bonds is 5. The lowest BCUT2D eigenvalue weighted by atomic mass is 10.1. The Labute approximate surface area is 145 Å². The molecule has 0 aliphatic carbocycles. The molecule has 2 aromatic rings. The molecule has 1 N–H and O–H groups in total. The van der Waals surface area contributed by atoms with Gasteiger partial charge >= 0.3 is 0 Å². The quantitative estimate of drug-likeness (QED) is 0.876. The predicted molar refractivity (Wildman–Crippen MR) is 90.8 cm³/mol. The van der Waals surface area contributed by atoms with Gasteiger partial charge in [-0.3, -0.25) is 4.79 Å². The molecule has 25 heavy (non-hydrogen) atoms. The van der Waals surface area contributed by atoms with Gasteiger partial charge in [-0.15, -0.1) is 0 Å². The third-order valence-corrected chi connectivity index (χ3v) is 5.00. The van der Waals surface area contributed by atoms with Gasteiger partial charge in [-0.2, -0.15) is 0 Å². The van der Waals surface area contributed by atoms with Crippen molar-refractivity contribution >= 4 is 21.6 Å². The van der Waals surface area contributed by atoms with Crippen LogP contribution in [0.2, 0.25) is 0 Å². The summed E-state index contributed by atoms with van der Waals surface area (Å²) in [7, 11) is -2.59. The van der Waals surface area contributed by atoms with Crippen LogP contribution in [0.4, 0.5) is 0 Å². The fraction of sp³-hybridized carbons (Fsp3) is 0.176. The summed E-state index contributed by atoms with van der Waals surface area (Å²) in [5.41, 5.74) is 1.42. The second-order valence-corrected chi connectivity index (χ2v) is 7.03. The van der Waals surface area contributed by atoms with Gasteiger partial charge in [0.2, 0.25) is 6.10 Å². The van der Waals surface area contributed by atoms with E-state index in [0.717, 1.165) is 5.56 Å². The fourth-order valence-electron chi connectivity index (χ4n) is 2.34. The zero-order chi connectivity index (χ0) is 17.9. The zero-order valence-electron chi connectivity index (χ0n) is 13.4. The Kier molecular flexibility index (Phi) is 4.71. The van der Waals surface area contributed by atoms with Crippen LogP contribution >= 0.6 is 0 Å². The molecule has 0 saturated carbocycles. The third-order valence-electron chi connectivity index (χ3n) is 3.65. The molecule has 0 radical (unpaired) electrons. The van der Waals surface area contributed by atoms with Crippen molar-refractivity contribution in [3.05, 3.63) is 60.2 Å². The van der Waals surface area contributed by atoms with E-state index in [-0.39, 0.29) is 11.3 Å².